The van der Waals surface area contributed by atoms with Gasteiger partial charge in [0.1, 0.15) is 34.1 Å². The summed E-state index contributed by atoms with van der Waals surface area (Å²) >= 11 is 0. The first-order valence-electron chi connectivity index (χ1n) is 8.64. The van der Waals surface area contributed by atoms with E-state index in [1.165, 1.54) is 36.4 Å². The smallest absolute Gasteiger partial charge is 0.349 e. The molecule has 0 bridgehead atoms. The normalized spacial score (nSPS) is 10.3. The maximum Gasteiger partial charge on any atom is 0.349 e. The Bertz CT molecular complexity index is 746. The summed E-state index contributed by atoms with van der Waals surface area (Å²) in [6.07, 6.45) is 1.59. The monoisotopic (exact) mass is 374 g/mol. The molecular formula is C20H22O7. The Labute approximate surface area is 157 Å². The highest BCUT2D eigenvalue weighted by atomic mass is 16.6. The number of rotatable bonds is 8. The number of phenols is 2. The van der Waals surface area contributed by atoms with Crippen LogP contribution in [-0.2, 0) is 4.74 Å². The number of carbonyl (C=O) groups is 2. The zero-order valence-corrected chi connectivity index (χ0v) is 15.2. The number of benzene rings is 2. The van der Waals surface area contributed by atoms with E-state index in [4.69, 9.17) is 14.2 Å². The van der Waals surface area contributed by atoms with Crippen LogP contribution < -0.4 is 9.47 Å². The highest BCUT2D eigenvalue weighted by Gasteiger charge is 2.21. The molecule has 2 aromatic rings. The van der Waals surface area contributed by atoms with Crippen molar-refractivity contribution >= 4 is 11.9 Å². The molecule has 0 aromatic heterocycles. The molecule has 7 nitrogen and oxygen atoms in total. The second kappa shape index (κ2) is 9.47. The van der Waals surface area contributed by atoms with Gasteiger partial charge in [-0.2, -0.15) is 0 Å². The number of esters is 2. The fraction of sp³-hybridized carbons (Fsp3) is 0.300. The molecule has 2 rings (SSSR count). The van der Waals surface area contributed by atoms with Crippen LogP contribution in [0.4, 0.5) is 0 Å². The van der Waals surface area contributed by atoms with Crippen molar-refractivity contribution in [3.05, 3.63) is 47.5 Å². The number of ether oxygens (including phenoxy) is 3. The lowest BCUT2D eigenvalue weighted by atomic mass is 10.1. The van der Waals surface area contributed by atoms with Crippen molar-refractivity contribution in [2.45, 2.75) is 26.7 Å². The first-order chi connectivity index (χ1) is 13.0. The van der Waals surface area contributed by atoms with E-state index >= 15 is 0 Å². The van der Waals surface area contributed by atoms with Gasteiger partial charge in [-0.15, -0.1) is 0 Å². The van der Waals surface area contributed by atoms with E-state index in [0.29, 0.717) is 24.7 Å². The second-order valence-corrected chi connectivity index (χ2v) is 5.73. The molecule has 144 valence electrons. The molecule has 0 saturated heterocycles. The Hall–Kier alpha value is -3.22. The SMILES string of the molecule is CCCOc1ccc(C(=O)OC(=O)c2ccc(OCCC)cc2O)c(O)c1. The third kappa shape index (κ3) is 5.37. The highest BCUT2D eigenvalue weighted by Crippen LogP contribution is 2.27. The molecule has 0 spiro atoms. The minimum atomic E-state index is -1.04. The van der Waals surface area contributed by atoms with Crippen molar-refractivity contribution in [3.63, 3.8) is 0 Å². The summed E-state index contributed by atoms with van der Waals surface area (Å²) in [4.78, 5) is 24.3. The molecule has 2 N–H and O–H groups in total. The summed E-state index contributed by atoms with van der Waals surface area (Å²) in [5.41, 5.74) is -0.371. The zero-order chi connectivity index (χ0) is 19.8. The van der Waals surface area contributed by atoms with Crippen molar-refractivity contribution in [2.24, 2.45) is 0 Å². The minimum absolute atomic E-state index is 0.186. The number of phenolic OH excluding ortho intramolecular Hbond substituents is 2. The summed E-state index contributed by atoms with van der Waals surface area (Å²) in [5, 5.41) is 19.9. The first-order valence-corrected chi connectivity index (χ1v) is 8.64. The Morgan fingerprint density at radius 3 is 1.52 bits per heavy atom. The average Bonchev–Trinajstić information content (AvgIpc) is 2.64. The Balaban J connectivity index is 2.08. The average molecular weight is 374 g/mol. The van der Waals surface area contributed by atoms with E-state index < -0.39 is 11.9 Å². The van der Waals surface area contributed by atoms with E-state index in [1.54, 1.807) is 0 Å². The number of hydrogen-bond donors (Lipinski definition) is 2. The molecule has 0 fully saturated rings. The van der Waals surface area contributed by atoms with Crippen LogP contribution in [0, 0.1) is 0 Å². The van der Waals surface area contributed by atoms with Crippen LogP contribution in [0.1, 0.15) is 47.4 Å². The maximum atomic E-state index is 12.1. The van der Waals surface area contributed by atoms with Crippen LogP contribution in [0.15, 0.2) is 36.4 Å². The van der Waals surface area contributed by atoms with Crippen molar-refractivity contribution in [2.75, 3.05) is 13.2 Å². The maximum absolute atomic E-state index is 12.1. The standard InChI is InChI=1S/C20H22O7/c1-3-9-25-13-5-7-15(17(21)11-13)19(23)27-20(24)16-8-6-14(12-18(16)22)26-10-4-2/h5-8,11-12,21-22H,3-4,9-10H2,1-2H3. The van der Waals surface area contributed by atoms with Gasteiger partial charge < -0.3 is 24.4 Å². The predicted octanol–water partition coefficient (Wildman–Crippen LogP) is 3.67. The van der Waals surface area contributed by atoms with Crippen LogP contribution in [-0.4, -0.2) is 35.4 Å². The molecule has 0 saturated carbocycles. The van der Waals surface area contributed by atoms with Gasteiger partial charge in [-0.05, 0) is 37.1 Å². The topological polar surface area (TPSA) is 102 Å². The van der Waals surface area contributed by atoms with Gasteiger partial charge >= 0.3 is 11.9 Å². The van der Waals surface area contributed by atoms with E-state index in [-0.39, 0.29) is 22.6 Å². The van der Waals surface area contributed by atoms with Gasteiger partial charge in [-0.3, -0.25) is 0 Å². The molecule has 0 aliphatic heterocycles. The number of hydrogen-bond acceptors (Lipinski definition) is 7. The Kier molecular flexibility index (Phi) is 7.05. The first kappa shape index (κ1) is 20.1. The Morgan fingerprint density at radius 2 is 1.19 bits per heavy atom. The lowest BCUT2D eigenvalue weighted by molar-refractivity contribution is 0.0394. The molecule has 0 unspecified atom stereocenters. The third-order valence-corrected chi connectivity index (χ3v) is 3.51. The van der Waals surface area contributed by atoms with Gasteiger partial charge in [0.05, 0.1) is 13.2 Å². The van der Waals surface area contributed by atoms with Crippen molar-refractivity contribution < 1.29 is 34.0 Å². The fourth-order valence-electron chi connectivity index (χ4n) is 2.18. The van der Waals surface area contributed by atoms with Crippen LogP contribution in [0.25, 0.3) is 0 Å². The summed E-state index contributed by atoms with van der Waals surface area (Å²) in [6.45, 7) is 4.82. The quantitative estimate of drug-likeness (QED) is 0.537. The summed E-state index contributed by atoms with van der Waals surface area (Å²) in [6, 6.07) is 8.14. The Morgan fingerprint density at radius 1 is 0.778 bits per heavy atom. The molecule has 0 amide bonds. The summed E-state index contributed by atoms with van der Waals surface area (Å²) < 4.78 is 15.5. The lowest BCUT2D eigenvalue weighted by Gasteiger charge is -2.10. The van der Waals surface area contributed by atoms with Gasteiger partial charge in [-0.25, -0.2) is 9.59 Å². The molecule has 0 radical (unpaired) electrons. The van der Waals surface area contributed by atoms with E-state index in [2.05, 4.69) is 0 Å². The third-order valence-electron chi connectivity index (χ3n) is 3.51. The molecular weight excluding hydrogens is 352 g/mol. The molecule has 0 aliphatic rings. The molecule has 0 atom stereocenters. The molecule has 0 heterocycles. The van der Waals surface area contributed by atoms with Crippen molar-refractivity contribution in [3.8, 4) is 23.0 Å². The second-order valence-electron chi connectivity index (χ2n) is 5.73. The van der Waals surface area contributed by atoms with Gasteiger partial charge in [0.15, 0.2) is 0 Å². The predicted molar refractivity (Wildman–Crippen MR) is 97.5 cm³/mol. The van der Waals surface area contributed by atoms with E-state index in [9.17, 15) is 19.8 Å². The fourth-order valence-corrected chi connectivity index (χ4v) is 2.18. The molecule has 7 heteroatoms. The van der Waals surface area contributed by atoms with E-state index in [0.717, 1.165) is 12.8 Å². The van der Waals surface area contributed by atoms with Gasteiger partial charge in [0, 0.05) is 12.1 Å². The van der Waals surface area contributed by atoms with Crippen LogP contribution in [0.5, 0.6) is 23.0 Å². The molecule has 27 heavy (non-hydrogen) atoms. The lowest BCUT2D eigenvalue weighted by Crippen LogP contribution is -2.13. The zero-order valence-electron chi connectivity index (χ0n) is 15.2. The van der Waals surface area contributed by atoms with Crippen LogP contribution >= 0.6 is 0 Å². The van der Waals surface area contributed by atoms with Crippen LogP contribution in [0.2, 0.25) is 0 Å². The van der Waals surface area contributed by atoms with Crippen LogP contribution in [0.3, 0.4) is 0 Å². The van der Waals surface area contributed by atoms with Gasteiger partial charge in [0.2, 0.25) is 0 Å². The van der Waals surface area contributed by atoms with E-state index in [1.807, 2.05) is 13.8 Å². The largest absolute Gasteiger partial charge is 0.507 e. The highest BCUT2D eigenvalue weighted by molar-refractivity contribution is 6.04. The minimum Gasteiger partial charge on any atom is -0.507 e. The van der Waals surface area contributed by atoms with Gasteiger partial charge in [-0.1, -0.05) is 13.8 Å². The molecule has 2 aromatic carbocycles. The molecule has 0 aliphatic carbocycles. The van der Waals surface area contributed by atoms with Crippen molar-refractivity contribution in [1.82, 2.24) is 0 Å². The number of carbonyl (C=O) groups excluding carboxylic acids is 2. The van der Waals surface area contributed by atoms with Crippen molar-refractivity contribution in [1.29, 1.82) is 0 Å². The van der Waals surface area contributed by atoms with Gasteiger partial charge in [0.25, 0.3) is 0 Å². The summed E-state index contributed by atoms with van der Waals surface area (Å²) in [7, 11) is 0. The summed E-state index contributed by atoms with van der Waals surface area (Å²) in [5.74, 6) is -2.01. The number of aromatic hydroxyl groups is 2.